The largest absolute Gasteiger partial charge is 0.507 e. The number of phenolic OH excluding ortho intramolecular Hbond substituents is 1. The van der Waals surface area contributed by atoms with E-state index in [1.807, 2.05) is 89.6 Å². The van der Waals surface area contributed by atoms with Crippen molar-refractivity contribution in [3.63, 3.8) is 0 Å². The first kappa shape index (κ1) is 39.5. The minimum absolute atomic E-state index is 0. The second-order valence-electron chi connectivity index (χ2n) is 18.3. The van der Waals surface area contributed by atoms with Crippen molar-refractivity contribution >= 4 is 11.0 Å². The number of fused-ring (bicyclic) bond motifs is 1. The van der Waals surface area contributed by atoms with E-state index in [4.69, 9.17) is 14.1 Å². The van der Waals surface area contributed by atoms with Crippen LogP contribution in [0.3, 0.4) is 0 Å². The first-order valence-corrected chi connectivity index (χ1v) is 21.2. The number of para-hydroxylation sites is 2. The molecule has 4 nitrogen and oxygen atoms in total. The van der Waals surface area contributed by atoms with Crippen LogP contribution in [0, 0.1) is 19.8 Å². The molecule has 0 spiro atoms. The average Bonchev–Trinajstić information content (AvgIpc) is 3.68. The van der Waals surface area contributed by atoms with Crippen LogP contribution in [0.4, 0.5) is 0 Å². The monoisotopic (exact) mass is 1000 g/mol. The minimum Gasteiger partial charge on any atom is -0.507 e. The van der Waals surface area contributed by atoms with Gasteiger partial charge in [0.15, 0.2) is 0 Å². The van der Waals surface area contributed by atoms with Crippen LogP contribution < -0.4 is 0 Å². The van der Waals surface area contributed by atoms with Gasteiger partial charge in [-0.25, -0.2) is 4.98 Å². The molecule has 0 aliphatic carbocycles. The molecule has 0 atom stereocenters. The molecule has 2 aromatic heterocycles. The van der Waals surface area contributed by atoms with E-state index in [-0.39, 0.29) is 43.2 Å². The molecule has 0 radical (unpaired) electrons. The molecule has 0 saturated carbocycles. The fourth-order valence-corrected chi connectivity index (χ4v) is 8.20. The summed E-state index contributed by atoms with van der Waals surface area (Å²) in [5.41, 5.74) is 14.7. The van der Waals surface area contributed by atoms with Crippen LogP contribution in [0.25, 0.3) is 83.9 Å². The van der Waals surface area contributed by atoms with Crippen molar-refractivity contribution in [2.45, 2.75) is 66.1 Å². The number of hydrogen-bond acceptors (Lipinski definition) is 3. The number of nitrogens with zero attached hydrogens (tertiary/aromatic N) is 3. The Balaban J connectivity index is 0.00000592. The maximum atomic E-state index is 11.5. The van der Waals surface area contributed by atoms with Gasteiger partial charge in [-0.15, -0.1) is 29.3 Å². The molecule has 63 heavy (non-hydrogen) atoms. The third-order valence-electron chi connectivity index (χ3n) is 11.8. The Morgan fingerprint density at radius 1 is 0.571 bits per heavy atom. The standard InChI is InChI=1S/C58H52N3O.Pt/c1-37-21-23-39(24-22-37)42-29-30-59-51(35-42)44-32-43(33-46(34-44)58(6,7)8)47-18-14-19-52-55(47)60-56(48-17-12-13-20-54(48)62)61(52)53-31-38(2)49(36-50(53)40-15-10-9-11-16-40)41-25-27-45(28-26-41)57(3,4)5;/h9-31,33-36,62H,1-8H3;/q-1;/i2D3;. The van der Waals surface area contributed by atoms with Crippen LogP contribution in [0.5, 0.6) is 5.75 Å². The molecule has 0 fully saturated rings. The molecule has 0 amide bonds. The summed E-state index contributed by atoms with van der Waals surface area (Å²) in [5, 5.41) is 11.5. The summed E-state index contributed by atoms with van der Waals surface area (Å²) in [6.45, 7) is 12.7. The van der Waals surface area contributed by atoms with E-state index in [1.54, 1.807) is 18.2 Å². The number of aromatic nitrogens is 3. The summed E-state index contributed by atoms with van der Waals surface area (Å²) < 4.78 is 28.9. The molecule has 0 aliphatic rings. The Morgan fingerprint density at radius 2 is 1.22 bits per heavy atom. The Labute approximate surface area is 390 Å². The Morgan fingerprint density at radius 3 is 1.92 bits per heavy atom. The quantitative estimate of drug-likeness (QED) is 0.162. The van der Waals surface area contributed by atoms with Gasteiger partial charge in [0.25, 0.3) is 0 Å². The predicted octanol–water partition coefficient (Wildman–Crippen LogP) is 15.1. The van der Waals surface area contributed by atoms with E-state index in [9.17, 15) is 5.11 Å². The Hall–Kier alpha value is -6.35. The molecule has 9 aromatic rings. The normalized spacial score (nSPS) is 12.7. The smallest absolute Gasteiger partial charge is 0.148 e. The van der Waals surface area contributed by atoms with E-state index < -0.39 is 6.85 Å². The van der Waals surface area contributed by atoms with Gasteiger partial charge in [0, 0.05) is 42.6 Å². The van der Waals surface area contributed by atoms with Gasteiger partial charge in [0.05, 0.1) is 22.3 Å². The Bertz CT molecular complexity index is 3210. The summed E-state index contributed by atoms with van der Waals surface area (Å²) in [6, 6.07) is 56.1. The molecule has 0 bridgehead atoms. The second-order valence-corrected chi connectivity index (χ2v) is 18.3. The fourth-order valence-electron chi connectivity index (χ4n) is 8.20. The average molecular weight is 1010 g/mol. The van der Waals surface area contributed by atoms with Gasteiger partial charge in [-0.3, -0.25) is 9.55 Å². The van der Waals surface area contributed by atoms with Gasteiger partial charge in [-0.1, -0.05) is 167 Å². The van der Waals surface area contributed by atoms with Crippen molar-refractivity contribution in [3.8, 4) is 78.6 Å². The molecule has 0 saturated heterocycles. The maximum Gasteiger partial charge on any atom is 0.148 e. The van der Waals surface area contributed by atoms with Gasteiger partial charge in [0.2, 0.25) is 0 Å². The zero-order valence-electron chi connectivity index (χ0n) is 39.7. The molecular weight excluding hydrogens is 950 g/mol. The molecule has 2 heterocycles. The number of pyridine rings is 1. The predicted molar refractivity (Wildman–Crippen MR) is 259 cm³/mol. The molecular formula is C58H52N3OPt-. The Kier molecular flexibility index (Phi) is 10.7. The van der Waals surface area contributed by atoms with Crippen molar-refractivity contribution in [1.82, 2.24) is 14.5 Å². The van der Waals surface area contributed by atoms with Gasteiger partial charge >= 0.3 is 0 Å². The van der Waals surface area contributed by atoms with E-state index in [0.717, 1.165) is 66.8 Å². The summed E-state index contributed by atoms with van der Waals surface area (Å²) in [5.74, 6) is 0.530. The SMILES string of the molecule is [2H]C([2H])([2H])c1cc(-n2c(-c3ccccc3O)nc3c(-c4[c-]c(-c5cc(-c6ccc(C)cc6)ccn5)cc(C(C)(C)C)c4)cccc32)c(-c2ccccc2)cc1-c1ccc(C(C)(C)C)cc1.[Pt]. The van der Waals surface area contributed by atoms with Crippen molar-refractivity contribution in [3.05, 3.63) is 192 Å². The van der Waals surface area contributed by atoms with Crippen LogP contribution in [-0.4, -0.2) is 19.6 Å². The molecule has 316 valence electrons. The van der Waals surface area contributed by atoms with Crippen LogP contribution >= 0.6 is 0 Å². The van der Waals surface area contributed by atoms with Gasteiger partial charge < -0.3 is 5.11 Å². The number of aryl methyl sites for hydroxylation is 2. The van der Waals surface area contributed by atoms with Gasteiger partial charge in [-0.2, -0.15) is 0 Å². The van der Waals surface area contributed by atoms with Crippen LogP contribution in [0.1, 0.15) is 67.9 Å². The summed E-state index contributed by atoms with van der Waals surface area (Å²) in [6.07, 6.45) is 1.85. The maximum absolute atomic E-state index is 11.5. The molecule has 9 rings (SSSR count). The summed E-state index contributed by atoms with van der Waals surface area (Å²) in [4.78, 5) is 10.3. The number of hydrogen-bond donors (Lipinski definition) is 1. The summed E-state index contributed by atoms with van der Waals surface area (Å²) >= 11 is 0. The van der Waals surface area contributed by atoms with E-state index in [0.29, 0.717) is 28.2 Å². The van der Waals surface area contributed by atoms with E-state index in [2.05, 4.69) is 115 Å². The summed E-state index contributed by atoms with van der Waals surface area (Å²) in [7, 11) is 0. The van der Waals surface area contributed by atoms with Gasteiger partial charge in [-0.05, 0) is 99.9 Å². The van der Waals surface area contributed by atoms with Crippen molar-refractivity contribution in [2.24, 2.45) is 0 Å². The van der Waals surface area contributed by atoms with Crippen LogP contribution in [0.15, 0.2) is 164 Å². The molecule has 1 N–H and O–H groups in total. The first-order chi connectivity index (χ1) is 30.9. The number of benzene rings is 7. The topological polar surface area (TPSA) is 50.9 Å². The van der Waals surface area contributed by atoms with Crippen molar-refractivity contribution < 1.29 is 30.3 Å². The number of imidazole rings is 1. The molecule has 5 heteroatoms. The van der Waals surface area contributed by atoms with E-state index in [1.165, 1.54) is 5.56 Å². The third-order valence-corrected chi connectivity index (χ3v) is 11.8. The van der Waals surface area contributed by atoms with Crippen molar-refractivity contribution in [1.29, 1.82) is 0 Å². The number of phenols is 1. The fraction of sp³-hybridized carbons (Fsp3) is 0.172. The molecule has 0 unspecified atom stereocenters. The van der Waals surface area contributed by atoms with E-state index >= 15 is 0 Å². The number of aromatic hydroxyl groups is 1. The van der Waals surface area contributed by atoms with Gasteiger partial charge in [0.1, 0.15) is 11.6 Å². The molecule has 0 aliphatic heterocycles. The first-order valence-electron chi connectivity index (χ1n) is 22.7. The zero-order chi connectivity index (χ0) is 45.8. The zero-order valence-corrected chi connectivity index (χ0v) is 39.0. The van der Waals surface area contributed by atoms with Crippen molar-refractivity contribution in [2.75, 3.05) is 0 Å². The number of rotatable bonds is 7. The third kappa shape index (κ3) is 8.58. The van der Waals surface area contributed by atoms with Crippen LogP contribution in [-0.2, 0) is 31.9 Å². The van der Waals surface area contributed by atoms with Crippen LogP contribution in [0.2, 0.25) is 0 Å². The second kappa shape index (κ2) is 17.1. The molecule has 7 aromatic carbocycles. The minimum atomic E-state index is -2.47.